The zero-order valence-electron chi connectivity index (χ0n) is 8.87. The van der Waals surface area contributed by atoms with Gasteiger partial charge in [-0.2, -0.15) is 0 Å². The molecule has 0 aromatic heterocycles. The highest BCUT2D eigenvalue weighted by atomic mass is 32.1. The van der Waals surface area contributed by atoms with Crippen molar-refractivity contribution < 1.29 is 14.7 Å². The molecule has 1 N–H and O–H groups in total. The molecule has 2 rings (SSSR count). The number of anilines is 1. The van der Waals surface area contributed by atoms with Gasteiger partial charge in [-0.3, -0.25) is 14.5 Å². The molecule has 1 fully saturated rings. The number of para-hydroxylation sites is 1. The molecule has 1 aliphatic rings. The number of thiocarbonyl (C=S) groups is 1. The smallest absolute Gasteiger partial charge is 0.323 e. The summed E-state index contributed by atoms with van der Waals surface area (Å²) in [6, 6.07) is 8.95. The van der Waals surface area contributed by atoms with E-state index in [0.717, 1.165) is 0 Å². The number of nitrogens with zero attached hydrogens (tertiary/aromatic N) is 2. The van der Waals surface area contributed by atoms with Crippen molar-refractivity contribution in [3.8, 4) is 0 Å². The minimum absolute atomic E-state index is 0.0139. The van der Waals surface area contributed by atoms with Crippen LogP contribution in [-0.4, -0.2) is 40.1 Å². The van der Waals surface area contributed by atoms with Crippen LogP contribution in [0.25, 0.3) is 0 Å². The highest BCUT2D eigenvalue weighted by molar-refractivity contribution is 7.80. The van der Waals surface area contributed by atoms with Crippen LogP contribution >= 0.6 is 12.2 Å². The molecule has 0 saturated carbocycles. The van der Waals surface area contributed by atoms with Crippen LogP contribution in [-0.2, 0) is 9.59 Å². The first-order chi connectivity index (χ1) is 8.09. The molecule has 1 heterocycles. The van der Waals surface area contributed by atoms with Gasteiger partial charge in [-0.15, -0.1) is 0 Å². The second kappa shape index (κ2) is 4.50. The highest BCUT2D eigenvalue weighted by Gasteiger charge is 2.34. The van der Waals surface area contributed by atoms with Crippen LogP contribution < -0.4 is 4.90 Å². The Hall–Kier alpha value is -1.95. The molecule has 1 amide bonds. The maximum absolute atomic E-state index is 11.8. The summed E-state index contributed by atoms with van der Waals surface area (Å²) < 4.78 is 0. The lowest BCUT2D eigenvalue weighted by Gasteiger charge is -2.18. The fourth-order valence-corrected chi connectivity index (χ4v) is 2.00. The van der Waals surface area contributed by atoms with Crippen LogP contribution in [0.3, 0.4) is 0 Å². The second-order valence-electron chi connectivity index (χ2n) is 3.60. The van der Waals surface area contributed by atoms with Crippen molar-refractivity contribution in [2.45, 2.75) is 0 Å². The topological polar surface area (TPSA) is 60.9 Å². The number of hydrogen-bond acceptors (Lipinski definition) is 3. The average Bonchev–Trinajstić information content (AvgIpc) is 2.54. The van der Waals surface area contributed by atoms with Crippen molar-refractivity contribution in [2.75, 3.05) is 18.0 Å². The minimum atomic E-state index is -1.00. The van der Waals surface area contributed by atoms with Gasteiger partial charge in [0.05, 0.1) is 5.69 Å². The molecule has 0 bridgehead atoms. The van der Waals surface area contributed by atoms with Crippen molar-refractivity contribution in [3.05, 3.63) is 30.3 Å². The maximum Gasteiger partial charge on any atom is 0.323 e. The minimum Gasteiger partial charge on any atom is -0.480 e. The number of aliphatic carboxylic acids is 1. The van der Waals surface area contributed by atoms with E-state index >= 15 is 0 Å². The lowest BCUT2D eigenvalue weighted by Crippen LogP contribution is -2.35. The van der Waals surface area contributed by atoms with Gasteiger partial charge in [0.2, 0.25) is 0 Å². The van der Waals surface area contributed by atoms with Crippen molar-refractivity contribution in [1.82, 2.24) is 4.90 Å². The van der Waals surface area contributed by atoms with E-state index in [2.05, 4.69) is 0 Å². The van der Waals surface area contributed by atoms with E-state index < -0.39 is 5.97 Å². The predicted octanol–water partition coefficient (Wildman–Crippen LogP) is 0.705. The quantitative estimate of drug-likeness (QED) is 0.800. The number of amides is 1. The number of carbonyl (C=O) groups is 2. The third kappa shape index (κ3) is 2.26. The van der Waals surface area contributed by atoms with Gasteiger partial charge >= 0.3 is 5.97 Å². The van der Waals surface area contributed by atoms with Gasteiger partial charge in [-0.1, -0.05) is 18.2 Å². The van der Waals surface area contributed by atoms with Gasteiger partial charge in [0.25, 0.3) is 5.91 Å². The molecular weight excluding hydrogens is 240 g/mol. The van der Waals surface area contributed by atoms with E-state index in [4.69, 9.17) is 17.3 Å². The summed E-state index contributed by atoms with van der Waals surface area (Å²) in [6.07, 6.45) is 0. The third-order valence-corrected chi connectivity index (χ3v) is 2.82. The Balaban J connectivity index is 2.23. The second-order valence-corrected chi connectivity index (χ2v) is 3.96. The van der Waals surface area contributed by atoms with E-state index in [1.165, 1.54) is 9.80 Å². The van der Waals surface area contributed by atoms with Crippen molar-refractivity contribution >= 4 is 34.9 Å². The molecule has 0 atom stereocenters. The molecule has 0 spiro atoms. The lowest BCUT2D eigenvalue weighted by molar-refractivity contribution is -0.137. The molecule has 88 valence electrons. The Morgan fingerprint density at radius 2 is 2.00 bits per heavy atom. The fraction of sp³-hybridized carbons (Fsp3) is 0.182. The molecular formula is C11H10N2O3S. The summed E-state index contributed by atoms with van der Waals surface area (Å²) in [5.41, 5.74) is 0.662. The van der Waals surface area contributed by atoms with Crippen LogP contribution in [0.5, 0.6) is 0 Å². The van der Waals surface area contributed by atoms with Crippen molar-refractivity contribution in [2.24, 2.45) is 0 Å². The monoisotopic (exact) mass is 250 g/mol. The van der Waals surface area contributed by atoms with Crippen molar-refractivity contribution in [3.63, 3.8) is 0 Å². The zero-order chi connectivity index (χ0) is 12.4. The summed E-state index contributed by atoms with van der Waals surface area (Å²) in [6.45, 7) is -0.242. The first kappa shape index (κ1) is 11.5. The van der Waals surface area contributed by atoms with E-state index in [0.29, 0.717) is 5.69 Å². The first-order valence-corrected chi connectivity index (χ1v) is 5.39. The summed E-state index contributed by atoms with van der Waals surface area (Å²) >= 11 is 5.11. The SMILES string of the molecule is O=C(O)CN1CC(=O)N(c2ccccc2)C1=S. The predicted molar refractivity (Wildman–Crippen MR) is 65.7 cm³/mol. The Labute approximate surface area is 103 Å². The van der Waals surface area contributed by atoms with E-state index in [1.54, 1.807) is 24.3 Å². The molecule has 0 radical (unpaired) electrons. The van der Waals surface area contributed by atoms with Crippen LogP contribution in [0.1, 0.15) is 0 Å². The lowest BCUT2D eigenvalue weighted by atomic mass is 10.3. The normalized spacial score (nSPS) is 15.5. The molecule has 17 heavy (non-hydrogen) atoms. The number of hydrogen-bond donors (Lipinski definition) is 1. The van der Waals surface area contributed by atoms with Crippen molar-refractivity contribution in [1.29, 1.82) is 0 Å². The van der Waals surface area contributed by atoms with Gasteiger partial charge in [-0.05, 0) is 24.4 Å². The van der Waals surface area contributed by atoms with E-state index in [1.807, 2.05) is 6.07 Å². The number of benzene rings is 1. The Morgan fingerprint density at radius 3 is 2.59 bits per heavy atom. The summed E-state index contributed by atoms with van der Waals surface area (Å²) in [5, 5.41) is 8.94. The first-order valence-electron chi connectivity index (χ1n) is 4.98. The van der Waals surface area contributed by atoms with Crippen LogP contribution in [0.2, 0.25) is 0 Å². The molecule has 1 aliphatic heterocycles. The third-order valence-electron chi connectivity index (χ3n) is 2.38. The Kier molecular flexibility index (Phi) is 3.06. The Morgan fingerprint density at radius 1 is 1.35 bits per heavy atom. The van der Waals surface area contributed by atoms with E-state index in [9.17, 15) is 9.59 Å². The van der Waals surface area contributed by atoms with Crippen LogP contribution in [0.4, 0.5) is 5.69 Å². The number of carboxylic acids is 1. The molecule has 0 unspecified atom stereocenters. The largest absolute Gasteiger partial charge is 0.480 e. The average molecular weight is 250 g/mol. The molecule has 5 nitrogen and oxygen atoms in total. The summed E-state index contributed by atoms with van der Waals surface area (Å²) in [7, 11) is 0. The molecule has 1 saturated heterocycles. The molecule has 0 aliphatic carbocycles. The summed E-state index contributed by atoms with van der Waals surface area (Å²) in [5.74, 6) is -1.21. The number of carbonyl (C=O) groups excluding carboxylic acids is 1. The van der Waals surface area contributed by atoms with Gasteiger partial charge in [0.1, 0.15) is 13.1 Å². The van der Waals surface area contributed by atoms with E-state index in [-0.39, 0.29) is 24.1 Å². The zero-order valence-corrected chi connectivity index (χ0v) is 9.68. The fourth-order valence-electron chi connectivity index (χ4n) is 1.67. The molecule has 6 heteroatoms. The van der Waals surface area contributed by atoms with Gasteiger partial charge in [-0.25, -0.2) is 0 Å². The maximum atomic E-state index is 11.8. The summed E-state index contributed by atoms with van der Waals surface area (Å²) in [4.78, 5) is 25.1. The van der Waals surface area contributed by atoms with Crippen LogP contribution in [0.15, 0.2) is 30.3 Å². The number of carboxylic acid groups (broad SMARTS) is 1. The number of rotatable bonds is 3. The standard InChI is InChI=1S/C11H10N2O3S/c14-9-6-12(7-10(15)16)11(17)13(9)8-4-2-1-3-5-8/h1-5H,6-7H2,(H,15,16). The van der Waals surface area contributed by atoms with Gasteiger partial charge in [0, 0.05) is 0 Å². The molecule has 1 aromatic rings. The highest BCUT2D eigenvalue weighted by Crippen LogP contribution is 2.20. The molecule has 1 aromatic carbocycles. The van der Waals surface area contributed by atoms with Gasteiger partial charge < -0.3 is 10.0 Å². The Bertz CT molecular complexity index is 475. The van der Waals surface area contributed by atoms with Crippen LogP contribution in [0, 0.1) is 0 Å². The van der Waals surface area contributed by atoms with Gasteiger partial charge in [0.15, 0.2) is 5.11 Å².